The van der Waals surface area contributed by atoms with Gasteiger partial charge < -0.3 is 25.1 Å². The van der Waals surface area contributed by atoms with Crippen LogP contribution in [0.5, 0.6) is 0 Å². The van der Waals surface area contributed by atoms with Gasteiger partial charge in [0.05, 0.1) is 0 Å². The molecule has 0 aliphatic rings. The Morgan fingerprint density at radius 2 is 1.57 bits per heavy atom. The molecule has 4 rings (SSSR count). The lowest BCUT2D eigenvalue weighted by Gasteiger charge is -2.16. The molecule has 1 atom stereocenters. The Kier molecular flexibility index (Phi) is 7.18. The fraction of sp³-hybridized carbons (Fsp3) is 0.231. The highest BCUT2D eigenvalue weighted by Gasteiger charge is 2.21. The maximum atomic E-state index is 12.5. The SMILES string of the molecule is CC(C)C(NSc1ccc2c(c1)oc1ccc(NC(=O)Nc3ccc(N(C)C)cc3)cc12)C(=O)O. The average molecular weight is 493 g/mol. The van der Waals surface area contributed by atoms with Crippen LogP contribution in [0, 0.1) is 5.92 Å². The molecule has 0 fully saturated rings. The van der Waals surface area contributed by atoms with E-state index >= 15 is 0 Å². The lowest BCUT2D eigenvalue weighted by molar-refractivity contribution is -0.139. The van der Waals surface area contributed by atoms with Crippen molar-refractivity contribution in [2.75, 3.05) is 29.6 Å². The van der Waals surface area contributed by atoms with Crippen LogP contribution in [0.4, 0.5) is 21.9 Å². The monoisotopic (exact) mass is 492 g/mol. The molecule has 0 bridgehead atoms. The van der Waals surface area contributed by atoms with Gasteiger partial charge in [0.1, 0.15) is 17.2 Å². The summed E-state index contributed by atoms with van der Waals surface area (Å²) < 4.78 is 9.00. The molecule has 0 saturated heterocycles. The fourth-order valence-corrected chi connectivity index (χ4v) is 4.58. The number of benzene rings is 3. The minimum Gasteiger partial charge on any atom is -0.480 e. The number of nitrogens with one attached hydrogen (secondary N) is 3. The lowest BCUT2D eigenvalue weighted by atomic mass is 10.1. The lowest BCUT2D eigenvalue weighted by Crippen LogP contribution is -2.36. The second-order valence-electron chi connectivity index (χ2n) is 8.77. The fourth-order valence-electron chi connectivity index (χ4n) is 3.64. The summed E-state index contributed by atoms with van der Waals surface area (Å²) >= 11 is 1.27. The predicted molar refractivity (Wildman–Crippen MR) is 142 cm³/mol. The van der Waals surface area contributed by atoms with E-state index in [-0.39, 0.29) is 11.9 Å². The van der Waals surface area contributed by atoms with Gasteiger partial charge in [-0.3, -0.25) is 4.79 Å². The van der Waals surface area contributed by atoms with E-state index in [9.17, 15) is 14.7 Å². The first-order valence-electron chi connectivity index (χ1n) is 11.2. The minimum absolute atomic E-state index is 0.0459. The van der Waals surface area contributed by atoms with E-state index in [0.29, 0.717) is 22.5 Å². The third kappa shape index (κ3) is 5.70. The summed E-state index contributed by atoms with van der Waals surface area (Å²) in [4.78, 5) is 26.7. The Morgan fingerprint density at radius 1 is 0.886 bits per heavy atom. The van der Waals surface area contributed by atoms with Crippen LogP contribution in [0.15, 0.2) is 70.0 Å². The molecular weight excluding hydrogens is 464 g/mol. The van der Waals surface area contributed by atoms with E-state index in [0.717, 1.165) is 21.4 Å². The molecule has 1 heterocycles. The maximum Gasteiger partial charge on any atom is 0.323 e. The van der Waals surface area contributed by atoms with Crippen molar-refractivity contribution >= 4 is 62.9 Å². The Balaban J connectivity index is 1.47. The van der Waals surface area contributed by atoms with Crippen LogP contribution >= 0.6 is 11.9 Å². The number of amides is 2. The second kappa shape index (κ2) is 10.3. The highest BCUT2D eigenvalue weighted by Crippen LogP contribution is 2.33. The summed E-state index contributed by atoms with van der Waals surface area (Å²) in [5.41, 5.74) is 3.78. The van der Waals surface area contributed by atoms with Gasteiger partial charge in [0.15, 0.2) is 0 Å². The van der Waals surface area contributed by atoms with Crippen molar-refractivity contribution in [1.82, 2.24) is 4.72 Å². The van der Waals surface area contributed by atoms with Crippen LogP contribution in [0.3, 0.4) is 0 Å². The van der Waals surface area contributed by atoms with Crippen LogP contribution in [0.25, 0.3) is 21.9 Å². The first-order valence-corrected chi connectivity index (χ1v) is 12.0. The van der Waals surface area contributed by atoms with E-state index in [1.54, 1.807) is 6.07 Å². The van der Waals surface area contributed by atoms with E-state index in [4.69, 9.17) is 4.42 Å². The highest BCUT2D eigenvalue weighted by atomic mass is 32.2. The van der Waals surface area contributed by atoms with E-state index in [1.165, 1.54) is 11.9 Å². The number of hydrogen-bond acceptors (Lipinski definition) is 6. The molecule has 0 radical (unpaired) electrons. The van der Waals surface area contributed by atoms with Crippen molar-refractivity contribution < 1.29 is 19.1 Å². The average Bonchev–Trinajstić information content (AvgIpc) is 3.16. The molecule has 4 aromatic rings. The summed E-state index contributed by atoms with van der Waals surface area (Å²) in [6.07, 6.45) is 0. The number of carbonyl (C=O) groups is 2. The summed E-state index contributed by atoms with van der Waals surface area (Å²) in [5, 5.41) is 16.9. The number of furan rings is 1. The third-order valence-corrected chi connectivity index (χ3v) is 6.44. The van der Waals surface area contributed by atoms with Crippen molar-refractivity contribution in [3.05, 3.63) is 60.7 Å². The summed E-state index contributed by atoms with van der Waals surface area (Å²) in [5.74, 6) is -0.928. The van der Waals surface area contributed by atoms with Gasteiger partial charge in [0.2, 0.25) is 0 Å². The normalized spacial score (nSPS) is 12.1. The van der Waals surface area contributed by atoms with Crippen LogP contribution in [-0.4, -0.2) is 37.2 Å². The smallest absolute Gasteiger partial charge is 0.323 e. The second-order valence-corrected chi connectivity index (χ2v) is 9.68. The predicted octanol–water partition coefficient (Wildman–Crippen LogP) is 6.00. The number of aliphatic carboxylic acids is 1. The van der Waals surface area contributed by atoms with Crippen LogP contribution in [0.2, 0.25) is 0 Å². The van der Waals surface area contributed by atoms with Crippen molar-refractivity contribution in [3.63, 3.8) is 0 Å². The number of anilines is 3. The Hall–Kier alpha value is -3.69. The number of nitrogens with zero attached hydrogens (tertiary/aromatic N) is 1. The van der Waals surface area contributed by atoms with Crippen molar-refractivity contribution in [1.29, 1.82) is 0 Å². The maximum absolute atomic E-state index is 12.5. The topological polar surface area (TPSA) is 107 Å². The zero-order chi connectivity index (χ0) is 25.1. The number of carboxylic acid groups (broad SMARTS) is 1. The molecule has 4 N–H and O–H groups in total. The van der Waals surface area contributed by atoms with Gasteiger partial charge in [-0.05, 0) is 78.5 Å². The molecule has 2 amide bonds. The molecule has 3 aromatic carbocycles. The number of rotatable bonds is 8. The molecule has 182 valence electrons. The molecule has 0 aliphatic carbocycles. The number of carbonyl (C=O) groups excluding carboxylic acids is 1. The number of urea groups is 1. The summed E-state index contributed by atoms with van der Waals surface area (Å²) in [6.45, 7) is 3.73. The number of carboxylic acids is 1. The van der Waals surface area contributed by atoms with Gasteiger partial charge in [-0.2, -0.15) is 0 Å². The molecule has 35 heavy (non-hydrogen) atoms. The molecular formula is C26H28N4O4S. The molecule has 9 heteroatoms. The Morgan fingerprint density at radius 3 is 2.23 bits per heavy atom. The molecule has 8 nitrogen and oxygen atoms in total. The molecule has 0 saturated carbocycles. The number of hydrogen-bond donors (Lipinski definition) is 4. The van der Waals surface area contributed by atoms with Gasteiger partial charge in [-0.15, -0.1) is 0 Å². The van der Waals surface area contributed by atoms with Gasteiger partial charge >= 0.3 is 12.0 Å². The Bertz CT molecular complexity index is 1370. The Labute approximate surface area is 207 Å². The van der Waals surface area contributed by atoms with Crippen molar-refractivity contribution in [3.8, 4) is 0 Å². The molecule has 1 aromatic heterocycles. The minimum atomic E-state index is -0.882. The zero-order valence-corrected chi connectivity index (χ0v) is 20.8. The van der Waals surface area contributed by atoms with Gasteiger partial charge in [0.25, 0.3) is 0 Å². The summed E-state index contributed by atoms with van der Waals surface area (Å²) in [7, 11) is 3.92. The van der Waals surface area contributed by atoms with E-state index in [1.807, 2.05) is 87.4 Å². The number of fused-ring (bicyclic) bond motifs is 3. The third-order valence-electron chi connectivity index (χ3n) is 5.58. The van der Waals surface area contributed by atoms with Crippen molar-refractivity contribution in [2.24, 2.45) is 5.92 Å². The van der Waals surface area contributed by atoms with Gasteiger partial charge in [-0.1, -0.05) is 13.8 Å². The van der Waals surface area contributed by atoms with E-state index in [2.05, 4.69) is 15.4 Å². The van der Waals surface area contributed by atoms with Crippen LogP contribution < -0.4 is 20.3 Å². The largest absolute Gasteiger partial charge is 0.480 e. The first-order chi connectivity index (χ1) is 16.7. The molecule has 0 spiro atoms. The van der Waals surface area contributed by atoms with Crippen LogP contribution in [-0.2, 0) is 4.79 Å². The molecule has 1 unspecified atom stereocenters. The quantitative estimate of drug-likeness (QED) is 0.223. The zero-order valence-electron chi connectivity index (χ0n) is 20.0. The molecule has 0 aliphatic heterocycles. The summed E-state index contributed by atoms with van der Waals surface area (Å²) in [6, 6.07) is 17.8. The van der Waals surface area contributed by atoms with Gasteiger partial charge in [0, 0.05) is 46.8 Å². The first kappa shape index (κ1) is 24.4. The van der Waals surface area contributed by atoms with Crippen LogP contribution in [0.1, 0.15) is 13.8 Å². The standard InChI is InChI=1S/C26H28N4O4S/c1-15(2)24(25(31)32)29-35-19-10-11-20-21-13-17(7-12-22(21)34-23(20)14-19)28-26(33)27-16-5-8-18(9-6-16)30(3)4/h5-15,24,29H,1-4H3,(H,31,32)(H2,27,28,33). The highest BCUT2D eigenvalue weighted by molar-refractivity contribution is 7.97. The van der Waals surface area contributed by atoms with Crippen molar-refractivity contribution in [2.45, 2.75) is 24.8 Å². The van der Waals surface area contributed by atoms with E-state index < -0.39 is 12.0 Å². The van der Waals surface area contributed by atoms with Gasteiger partial charge in [-0.25, -0.2) is 9.52 Å².